The Bertz CT molecular complexity index is 360. The van der Waals surface area contributed by atoms with Crippen LogP contribution in [0.4, 0.5) is 0 Å². The van der Waals surface area contributed by atoms with Gasteiger partial charge in [0.1, 0.15) is 12.2 Å². The Labute approximate surface area is 88.4 Å². The molecule has 5 heteroatoms. The average molecular weight is 207 g/mol. The van der Waals surface area contributed by atoms with Crippen LogP contribution < -0.4 is 4.74 Å². The van der Waals surface area contributed by atoms with Gasteiger partial charge in [0.25, 0.3) is 0 Å². The molecular weight excluding hydrogens is 194 g/mol. The van der Waals surface area contributed by atoms with E-state index in [2.05, 4.69) is 9.97 Å². The summed E-state index contributed by atoms with van der Waals surface area (Å²) >= 11 is 0. The molecule has 0 amide bonds. The number of aromatic nitrogens is 2. The van der Waals surface area contributed by atoms with Gasteiger partial charge >= 0.3 is 0 Å². The molecule has 80 valence electrons. The molecule has 15 heavy (non-hydrogen) atoms. The molecule has 1 aromatic rings. The van der Waals surface area contributed by atoms with Gasteiger partial charge < -0.3 is 9.84 Å². The predicted molar refractivity (Wildman–Crippen MR) is 53.2 cm³/mol. The van der Waals surface area contributed by atoms with Gasteiger partial charge in [-0.05, 0) is 13.8 Å². The highest BCUT2D eigenvalue weighted by atomic mass is 16.5. The van der Waals surface area contributed by atoms with Crippen LogP contribution in [0, 0.1) is 11.3 Å². The summed E-state index contributed by atoms with van der Waals surface area (Å²) < 4.78 is 5.35. The van der Waals surface area contributed by atoms with Crippen LogP contribution >= 0.6 is 0 Å². The predicted octanol–water partition coefficient (Wildman–Crippen LogP) is 0.863. The summed E-state index contributed by atoms with van der Waals surface area (Å²) in [6.07, 6.45) is 1.34. The van der Waals surface area contributed by atoms with Crippen molar-refractivity contribution in [1.82, 2.24) is 9.97 Å². The largest absolute Gasteiger partial charge is 0.475 e. The van der Waals surface area contributed by atoms with Crippen molar-refractivity contribution < 1.29 is 9.84 Å². The van der Waals surface area contributed by atoms with Crippen molar-refractivity contribution in [2.45, 2.75) is 25.9 Å². The summed E-state index contributed by atoms with van der Waals surface area (Å²) in [5.74, 6) is -0.203. The van der Waals surface area contributed by atoms with Crippen molar-refractivity contribution in [3.05, 3.63) is 18.1 Å². The minimum Gasteiger partial charge on any atom is -0.475 e. The fourth-order valence-electron chi connectivity index (χ4n) is 1.05. The zero-order chi connectivity index (χ0) is 11.3. The first-order chi connectivity index (χ1) is 7.17. The topological polar surface area (TPSA) is 79.0 Å². The standard InChI is InChI=1S/C10H13N3O2/c1-7(2)15-10-3-9(12-6-13-10)8(4-11)5-14/h3,6-8,14H,5H2,1-2H3. The minimum atomic E-state index is -0.623. The number of aliphatic hydroxyl groups excluding tert-OH is 1. The molecule has 0 spiro atoms. The molecule has 1 atom stereocenters. The third kappa shape index (κ3) is 3.18. The quantitative estimate of drug-likeness (QED) is 0.792. The number of hydrogen-bond donors (Lipinski definition) is 1. The van der Waals surface area contributed by atoms with Crippen LogP contribution in [-0.4, -0.2) is 27.8 Å². The molecule has 0 aliphatic rings. The van der Waals surface area contributed by atoms with Crippen molar-refractivity contribution in [2.24, 2.45) is 0 Å². The lowest BCUT2D eigenvalue weighted by atomic mass is 10.1. The minimum absolute atomic E-state index is 0.0161. The van der Waals surface area contributed by atoms with E-state index in [0.717, 1.165) is 0 Å². The van der Waals surface area contributed by atoms with Crippen LogP contribution in [0.1, 0.15) is 25.5 Å². The zero-order valence-electron chi connectivity index (χ0n) is 8.71. The Morgan fingerprint density at radius 2 is 2.27 bits per heavy atom. The lowest BCUT2D eigenvalue weighted by molar-refractivity contribution is 0.231. The summed E-state index contributed by atoms with van der Waals surface area (Å²) in [6.45, 7) is 3.51. The fraction of sp³-hybridized carbons (Fsp3) is 0.500. The first-order valence-electron chi connectivity index (χ1n) is 4.66. The highest BCUT2D eigenvalue weighted by molar-refractivity contribution is 5.21. The molecule has 1 unspecified atom stereocenters. The first-order valence-corrected chi connectivity index (χ1v) is 4.66. The van der Waals surface area contributed by atoms with Crippen LogP contribution in [0.3, 0.4) is 0 Å². The molecule has 0 saturated carbocycles. The van der Waals surface area contributed by atoms with Crippen LogP contribution in [0.2, 0.25) is 0 Å². The Kier molecular flexibility index (Phi) is 4.01. The normalized spacial score (nSPS) is 12.2. The molecular formula is C10H13N3O2. The SMILES string of the molecule is CC(C)Oc1cc(C(C#N)CO)ncn1. The van der Waals surface area contributed by atoms with Gasteiger partial charge in [0.2, 0.25) is 5.88 Å². The van der Waals surface area contributed by atoms with Crippen molar-refractivity contribution in [3.8, 4) is 11.9 Å². The maximum absolute atomic E-state index is 8.93. The Balaban J connectivity index is 2.87. The van der Waals surface area contributed by atoms with Gasteiger partial charge in [0.05, 0.1) is 24.5 Å². The van der Waals surface area contributed by atoms with Crippen LogP contribution in [0.5, 0.6) is 5.88 Å². The molecule has 0 fully saturated rings. The van der Waals surface area contributed by atoms with E-state index in [9.17, 15) is 0 Å². The molecule has 0 saturated heterocycles. The summed E-state index contributed by atoms with van der Waals surface area (Å²) in [7, 11) is 0. The summed E-state index contributed by atoms with van der Waals surface area (Å²) in [5, 5.41) is 17.7. The zero-order valence-corrected chi connectivity index (χ0v) is 8.71. The first kappa shape index (κ1) is 11.4. The van der Waals surface area contributed by atoms with E-state index in [1.807, 2.05) is 19.9 Å². The van der Waals surface area contributed by atoms with E-state index < -0.39 is 5.92 Å². The summed E-state index contributed by atoms with van der Waals surface area (Å²) in [4.78, 5) is 7.82. The maximum Gasteiger partial charge on any atom is 0.216 e. The highest BCUT2D eigenvalue weighted by Gasteiger charge is 2.12. The maximum atomic E-state index is 8.93. The Morgan fingerprint density at radius 1 is 1.53 bits per heavy atom. The molecule has 0 aliphatic heterocycles. The molecule has 0 radical (unpaired) electrons. The third-order valence-corrected chi connectivity index (χ3v) is 1.72. The lowest BCUT2D eigenvalue weighted by Crippen LogP contribution is -2.09. The number of nitriles is 1. The van der Waals surface area contributed by atoms with Gasteiger partial charge in [-0.25, -0.2) is 9.97 Å². The fourth-order valence-corrected chi connectivity index (χ4v) is 1.05. The second-order valence-electron chi connectivity index (χ2n) is 3.31. The highest BCUT2D eigenvalue weighted by Crippen LogP contribution is 2.16. The number of nitrogens with zero attached hydrogens (tertiary/aromatic N) is 3. The van der Waals surface area contributed by atoms with E-state index in [4.69, 9.17) is 15.1 Å². The van der Waals surface area contributed by atoms with Crippen molar-refractivity contribution >= 4 is 0 Å². The molecule has 1 rings (SSSR count). The third-order valence-electron chi connectivity index (χ3n) is 1.72. The molecule has 1 heterocycles. The monoisotopic (exact) mass is 207 g/mol. The lowest BCUT2D eigenvalue weighted by Gasteiger charge is -2.10. The second-order valence-corrected chi connectivity index (χ2v) is 3.31. The van der Waals surface area contributed by atoms with Gasteiger partial charge in [-0.15, -0.1) is 0 Å². The van der Waals surface area contributed by atoms with Crippen LogP contribution in [0.25, 0.3) is 0 Å². The Hall–Kier alpha value is -1.67. The smallest absolute Gasteiger partial charge is 0.216 e. The molecule has 1 N–H and O–H groups in total. The van der Waals surface area contributed by atoms with Gasteiger partial charge in [-0.2, -0.15) is 5.26 Å². The van der Waals surface area contributed by atoms with Crippen LogP contribution in [0.15, 0.2) is 12.4 Å². The number of hydrogen-bond acceptors (Lipinski definition) is 5. The second kappa shape index (κ2) is 5.27. The molecule has 0 bridgehead atoms. The van der Waals surface area contributed by atoms with Gasteiger partial charge in [-0.3, -0.25) is 0 Å². The van der Waals surface area contributed by atoms with E-state index in [1.165, 1.54) is 6.33 Å². The van der Waals surface area contributed by atoms with E-state index in [1.54, 1.807) is 6.07 Å². The molecule has 0 aromatic carbocycles. The van der Waals surface area contributed by atoms with Gasteiger partial charge in [0, 0.05) is 6.07 Å². The Morgan fingerprint density at radius 3 is 2.80 bits per heavy atom. The van der Waals surface area contributed by atoms with Gasteiger partial charge in [0.15, 0.2) is 0 Å². The number of aliphatic hydroxyl groups is 1. The van der Waals surface area contributed by atoms with Crippen molar-refractivity contribution in [3.63, 3.8) is 0 Å². The summed E-state index contributed by atoms with van der Waals surface area (Å²) in [6, 6.07) is 3.53. The van der Waals surface area contributed by atoms with Crippen LogP contribution in [-0.2, 0) is 0 Å². The van der Waals surface area contributed by atoms with E-state index >= 15 is 0 Å². The van der Waals surface area contributed by atoms with Crippen molar-refractivity contribution in [1.29, 1.82) is 5.26 Å². The molecule has 5 nitrogen and oxygen atoms in total. The molecule has 1 aromatic heterocycles. The number of ether oxygens (including phenoxy) is 1. The summed E-state index contributed by atoms with van der Waals surface area (Å²) in [5.41, 5.74) is 0.477. The average Bonchev–Trinajstić information content (AvgIpc) is 2.19. The van der Waals surface area contributed by atoms with Gasteiger partial charge in [-0.1, -0.05) is 0 Å². The number of rotatable bonds is 4. The van der Waals surface area contributed by atoms with Crippen molar-refractivity contribution in [2.75, 3.05) is 6.61 Å². The van der Waals surface area contributed by atoms with E-state index in [-0.39, 0.29) is 12.7 Å². The molecule has 0 aliphatic carbocycles. The van der Waals surface area contributed by atoms with E-state index in [0.29, 0.717) is 11.6 Å².